The molecule has 54 heavy (non-hydrogen) atoms. The van der Waals surface area contributed by atoms with Crippen LogP contribution in [0.25, 0.3) is 22.3 Å². The van der Waals surface area contributed by atoms with E-state index in [1.165, 1.54) is 10.5 Å². The minimum absolute atomic E-state index is 0.207. The summed E-state index contributed by atoms with van der Waals surface area (Å²) in [5.41, 5.74) is 7.66. The van der Waals surface area contributed by atoms with Gasteiger partial charge in [-0.3, -0.25) is 34.3 Å². The molecule has 14 nitrogen and oxygen atoms in total. The summed E-state index contributed by atoms with van der Waals surface area (Å²) in [7, 11) is 0. The number of hydrogen-bond acceptors (Lipinski definition) is 11. The van der Waals surface area contributed by atoms with Crippen molar-refractivity contribution in [2.24, 2.45) is 0 Å². The van der Waals surface area contributed by atoms with Crippen molar-refractivity contribution < 1.29 is 14.4 Å². The van der Waals surface area contributed by atoms with Crippen molar-refractivity contribution in [1.29, 1.82) is 0 Å². The van der Waals surface area contributed by atoms with Gasteiger partial charge >= 0.3 is 0 Å². The Labute approximate surface area is 310 Å². The van der Waals surface area contributed by atoms with Crippen molar-refractivity contribution in [2.75, 3.05) is 23.7 Å². The molecule has 0 bridgehead atoms. The number of nitrogens with zero attached hydrogens (tertiary/aromatic N) is 8. The van der Waals surface area contributed by atoms with Gasteiger partial charge in [0.15, 0.2) is 0 Å². The Balaban J connectivity index is 0.810. The first kappa shape index (κ1) is 33.3. The van der Waals surface area contributed by atoms with E-state index in [-0.39, 0.29) is 24.8 Å². The first-order valence-corrected chi connectivity index (χ1v) is 18.1. The summed E-state index contributed by atoms with van der Waals surface area (Å²) in [6, 6.07) is 23.0. The number of rotatable bonds is 9. The van der Waals surface area contributed by atoms with Crippen molar-refractivity contribution in [3.05, 3.63) is 114 Å². The smallest absolute Gasteiger partial charge is 0.255 e. The van der Waals surface area contributed by atoms with E-state index in [4.69, 9.17) is 15.1 Å². The highest BCUT2D eigenvalue weighted by molar-refractivity contribution is 6.06. The maximum Gasteiger partial charge on any atom is 0.255 e. The molecule has 270 valence electrons. The van der Waals surface area contributed by atoms with Gasteiger partial charge < -0.3 is 15.5 Å². The molecule has 3 aromatic heterocycles. The lowest BCUT2D eigenvalue weighted by molar-refractivity contribution is -0.136. The van der Waals surface area contributed by atoms with E-state index in [2.05, 4.69) is 53.8 Å². The number of nitrogens with one attached hydrogen (secondary N) is 3. The number of amides is 3. The Kier molecular flexibility index (Phi) is 8.71. The molecule has 0 saturated carbocycles. The summed E-state index contributed by atoms with van der Waals surface area (Å²) in [6.45, 7) is 3.01. The van der Waals surface area contributed by atoms with Gasteiger partial charge in [0.05, 0.1) is 35.2 Å². The molecule has 3 aromatic carbocycles. The van der Waals surface area contributed by atoms with E-state index in [1.807, 2.05) is 54.9 Å². The van der Waals surface area contributed by atoms with Gasteiger partial charge in [-0.2, -0.15) is 10.1 Å². The zero-order valence-electron chi connectivity index (χ0n) is 29.4. The molecular weight excluding hydrogens is 683 g/mol. The third-order valence-corrected chi connectivity index (χ3v) is 10.4. The number of hydrogen-bond donors (Lipinski definition) is 3. The van der Waals surface area contributed by atoms with Gasteiger partial charge in [0.2, 0.25) is 17.8 Å². The maximum atomic E-state index is 13.3. The lowest BCUT2D eigenvalue weighted by Crippen LogP contribution is -2.52. The Morgan fingerprint density at radius 2 is 1.69 bits per heavy atom. The summed E-state index contributed by atoms with van der Waals surface area (Å²) in [5, 5.41) is 13.7. The Bertz CT molecular complexity index is 2400. The number of para-hydroxylation sites is 2. The van der Waals surface area contributed by atoms with Gasteiger partial charge in [-0.1, -0.05) is 30.3 Å². The largest absolute Gasteiger partial charge is 0.340 e. The molecule has 3 aliphatic rings. The lowest BCUT2D eigenvalue weighted by Gasteiger charge is -2.32. The normalized spacial score (nSPS) is 17.8. The molecule has 0 spiro atoms. The highest BCUT2D eigenvalue weighted by atomic mass is 16.2. The average molecular weight is 720 g/mol. The van der Waals surface area contributed by atoms with Crippen LogP contribution in [0.5, 0.6) is 0 Å². The molecule has 2 saturated heterocycles. The van der Waals surface area contributed by atoms with Crippen LogP contribution in [0.3, 0.4) is 0 Å². The monoisotopic (exact) mass is 719 g/mol. The molecule has 3 N–H and O–H groups in total. The number of carbonyl (C=O) groups excluding carboxylic acids is 3. The first-order chi connectivity index (χ1) is 26.4. The van der Waals surface area contributed by atoms with Gasteiger partial charge in [-0.25, -0.2) is 9.97 Å². The fourth-order valence-electron chi connectivity index (χ4n) is 7.57. The molecule has 1 atom stereocenters. The topological polar surface area (TPSA) is 163 Å². The standard InChI is InChI=1S/C40H37N11O3/c52-37-12-11-35(38(53)48-37)50-24-30-29(39(50)54)7-4-10-31(30)46-36-13-16-41-40(47-36)44-27-6-3-5-25(19-27)22-49-17-14-28(15-18-49)51-23-26(20-43-51)34-21-42-32-8-1-2-9-33(32)45-34/h1-10,13,16,19-21,23,28,35H,11-12,14-15,17-18,22,24H2,(H,48,52,53)(H2,41,44,46,47). The Hall–Kier alpha value is -6.54. The van der Waals surface area contributed by atoms with Crippen LogP contribution in [0.15, 0.2) is 97.6 Å². The van der Waals surface area contributed by atoms with Crippen molar-refractivity contribution in [3.63, 3.8) is 0 Å². The van der Waals surface area contributed by atoms with Crippen molar-refractivity contribution in [1.82, 2.24) is 44.8 Å². The number of likely N-dealkylation sites (tertiary alicyclic amines) is 1. The summed E-state index contributed by atoms with van der Waals surface area (Å²) in [5.74, 6) is 0.0172. The van der Waals surface area contributed by atoms with Gasteiger partial charge in [0.25, 0.3) is 5.91 Å². The lowest BCUT2D eigenvalue weighted by atomic mass is 10.0. The van der Waals surface area contributed by atoms with E-state index < -0.39 is 11.9 Å². The molecular formula is C40H37N11O3. The molecule has 14 heteroatoms. The number of benzene rings is 3. The van der Waals surface area contributed by atoms with Crippen LogP contribution < -0.4 is 16.0 Å². The second-order valence-corrected chi connectivity index (χ2v) is 13.9. The minimum Gasteiger partial charge on any atom is -0.340 e. The molecule has 0 aliphatic carbocycles. The van der Waals surface area contributed by atoms with E-state index in [0.29, 0.717) is 29.8 Å². The van der Waals surface area contributed by atoms with E-state index in [9.17, 15) is 14.4 Å². The number of imide groups is 1. The highest BCUT2D eigenvalue weighted by Gasteiger charge is 2.40. The Morgan fingerprint density at radius 3 is 2.56 bits per heavy atom. The van der Waals surface area contributed by atoms with E-state index in [0.717, 1.165) is 71.7 Å². The molecule has 0 radical (unpaired) electrons. The molecule has 3 amide bonds. The third-order valence-electron chi connectivity index (χ3n) is 10.4. The van der Waals surface area contributed by atoms with Crippen LogP contribution in [0.1, 0.15) is 53.2 Å². The number of anilines is 4. The SMILES string of the molecule is O=C1CCC(N2Cc3c(Nc4ccnc(Nc5cccc(CN6CCC(n7cc(-c8cnc9ccccc9n8)cn7)CC6)c5)n4)cccc3C2=O)C(=O)N1. The molecule has 2 fully saturated rings. The van der Waals surface area contributed by atoms with Gasteiger partial charge in [-0.05, 0) is 67.3 Å². The van der Waals surface area contributed by atoms with Crippen molar-refractivity contribution in [2.45, 2.75) is 50.9 Å². The van der Waals surface area contributed by atoms with Crippen molar-refractivity contribution in [3.8, 4) is 11.3 Å². The highest BCUT2D eigenvalue weighted by Crippen LogP contribution is 2.34. The molecule has 9 rings (SSSR count). The molecule has 6 aromatic rings. The predicted molar refractivity (Wildman–Crippen MR) is 202 cm³/mol. The van der Waals surface area contributed by atoms with Crippen LogP contribution in [0.4, 0.5) is 23.1 Å². The Morgan fingerprint density at radius 1 is 0.833 bits per heavy atom. The van der Waals surface area contributed by atoms with Crippen LogP contribution in [-0.2, 0) is 22.7 Å². The number of piperidine rings is 2. The van der Waals surface area contributed by atoms with Crippen LogP contribution >= 0.6 is 0 Å². The van der Waals surface area contributed by atoms with Gasteiger partial charge in [-0.15, -0.1) is 0 Å². The quantitative estimate of drug-likeness (QED) is 0.165. The predicted octanol–water partition coefficient (Wildman–Crippen LogP) is 5.37. The van der Waals surface area contributed by atoms with Crippen molar-refractivity contribution >= 4 is 51.9 Å². The molecule has 3 aliphatic heterocycles. The summed E-state index contributed by atoms with van der Waals surface area (Å²) in [4.78, 5) is 60.0. The average Bonchev–Trinajstić information content (AvgIpc) is 3.81. The number of aromatic nitrogens is 6. The van der Waals surface area contributed by atoms with Crippen LogP contribution in [0, 0.1) is 0 Å². The molecule has 1 unspecified atom stereocenters. The fourth-order valence-corrected chi connectivity index (χ4v) is 7.57. The van der Waals surface area contributed by atoms with Crippen LogP contribution in [-0.4, -0.2) is 76.4 Å². The molecule has 6 heterocycles. The maximum absolute atomic E-state index is 13.3. The third kappa shape index (κ3) is 6.74. The number of carbonyl (C=O) groups is 3. The number of fused-ring (bicyclic) bond motifs is 2. The minimum atomic E-state index is -0.679. The zero-order chi connectivity index (χ0) is 36.6. The first-order valence-electron chi connectivity index (χ1n) is 18.1. The van der Waals surface area contributed by atoms with Gasteiger partial charge in [0, 0.05) is 73.1 Å². The zero-order valence-corrected chi connectivity index (χ0v) is 29.4. The van der Waals surface area contributed by atoms with E-state index in [1.54, 1.807) is 24.4 Å². The summed E-state index contributed by atoms with van der Waals surface area (Å²) in [6.07, 6.45) is 9.99. The summed E-state index contributed by atoms with van der Waals surface area (Å²) >= 11 is 0. The van der Waals surface area contributed by atoms with Gasteiger partial charge in [0.1, 0.15) is 11.9 Å². The second kappa shape index (κ2) is 14.1. The van der Waals surface area contributed by atoms with Crippen LogP contribution in [0.2, 0.25) is 0 Å². The summed E-state index contributed by atoms with van der Waals surface area (Å²) < 4.78 is 2.08. The second-order valence-electron chi connectivity index (χ2n) is 13.9. The van der Waals surface area contributed by atoms with E-state index >= 15 is 0 Å². The fraction of sp³-hybridized carbons (Fsp3) is 0.250.